The number of thioether (sulfide) groups is 1. The fourth-order valence-electron chi connectivity index (χ4n) is 2.76. The molecule has 2 aromatic carbocycles. The second-order valence-electron chi connectivity index (χ2n) is 6.01. The number of pyridine rings is 1. The Hall–Kier alpha value is -3.13. The third kappa shape index (κ3) is 3.77. The summed E-state index contributed by atoms with van der Waals surface area (Å²) in [5, 5.41) is -0.365. The Labute approximate surface area is 162 Å². The molecule has 2 heterocycles. The molecule has 5 nitrogen and oxygen atoms in total. The van der Waals surface area contributed by atoms with Crippen LogP contribution in [0.1, 0.15) is 15.9 Å². The van der Waals surface area contributed by atoms with Gasteiger partial charge in [-0.1, -0.05) is 24.3 Å². The molecular weight excluding hydrogens is 388 g/mol. The third-order valence-corrected chi connectivity index (χ3v) is 4.93. The Morgan fingerprint density at radius 2 is 1.75 bits per heavy atom. The van der Waals surface area contributed by atoms with Crippen LogP contribution in [-0.2, 0) is 6.54 Å². The smallest absolute Gasteiger partial charge is 0.395 e. The van der Waals surface area contributed by atoms with Gasteiger partial charge in [-0.25, -0.2) is 0 Å². The molecule has 0 N–H and O–H groups in total. The second-order valence-corrected chi connectivity index (χ2v) is 7.05. The molecule has 0 atom stereocenters. The van der Waals surface area contributed by atoms with Crippen molar-refractivity contribution < 1.29 is 23.0 Å². The minimum atomic E-state index is -3.70. The third-order valence-electron chi connectivity index (χ3n) is 4.01. The van der Waals surface area contributed by atoms with Crippen molar-refractivity contribution in [1.29, 1.82) is 0 Å². The van der Waals surface area contributed by atoms with Crippen LogP contribution < -0.4 is 15.0 Å². The fraction of sp³-hybridized carbons (Fsp3) is 0.100. The van der Waals surface area contributed by atoms with E-state index in [1.165, 1.54) is 29.0 Å². The number of hydrogen-bond acceptors (Lipinski definition) is 5. The van der Waals surface area contributed by atoms with Crippen LogP contribution in [-0.4, -0.2) is 16.0 Å². The molecule has 1 aliphatic rings. The summed E-state index contributed by atoms with van der Waals surface area (Å²) < 4.78 is 36.4. The van der Waals surface area contributed by atoms with Crippen LogP contribution >= 0.6 is 11.8 Å². The SMILES string of the molecule is O=C(Sc1ccccc1)c1cccn(Cc2ccc3c(c2)OC(F)(F)O3)c1=O. The zero-order chi connectivity index (χ0) is 19.7. The Kier molecular flexibility index (Phi) is 4.64. The molecule has 3 aromatic rings. The van der Waals surface area contributed by atoms with Crippen LogP contribution in [0.5, 0.6) is 11.5 Å². The first-order valence-corrected chi connectivity index (χ1v) is 9.08. The van der Waals surface area contributed by atoms with E-state index in [1.807, 2.05) is 18.2 Å². The summed E-state index contributed by atoms with van der Waals surface area (Å²) in [4.78, 5) is 25.9. The van der Waals surface area contributed by atoms with E-state index in [0.29, 0.717) is 5.56 Å². The molecule has 8 heteroatoms. The minimum absolute atomic E-state index is 0.0450. The van der Waals surface area contributed by atoms with E-state index in [9.17, 15) is 18.4 Å². The number of halogens is 2. The van der Waals surface area contributed by atoms with Gasteiger partial charge in [0.25, 0.3) is 5.56 Å². The first kappa shape index (κ1) is 18.2. The number of benzene rings is 2. The number of nitrogens with zero attached hydrogens (tertiary/aromatic N) is 1. The molecule has 0 fully saturated rings. The Balaban J connectivity index is 1.56. The maximum Gasteiger partial charge on any atom is 0.586 e. The van der Waals surface area contributed by atoms with E-state index in [2.05, 4.69) is 9.47 Å². The molecule has 0 saturated heterocycles. The highest BCUT2D eigenvalue weighted by Gasteiger charge is 2.43. The predicted molar refractivity (Wildman–Crippen MR) is 99.1 cm³/mol. The van der Waals surface area contributed by atoms with E-state index in [4.69, 9.17) is 0 Å². The van der Waals surface area contributed by atoms with Gasteiger partial charge >= 0.3 is 6.29 Å². The molecule has 142 valence electrons. The first-order valence-electron chi connectivity index (χ1n) is 8.27. The monoisotopic (exact) mass is 401 g/mol. The summed E-state index contributed by atoms with van der Waals surface area (Å²) in [5.74, 6) is -0.160. The molecular formula is C20H13F2NO4S. The molecule has 4 rings (SSSR count). The number of alkyl halides is 2. The largest absolute Gasteiger partial charge is 0.586 e. The van der Waals surface area contributed by atoms with Gasteiger partial charge in [-0.2, -0.15) is 0 Å². The van der Waals surface area contributed by atoms with E-state index in [1.54, 1.807) is 24.3 Å². The topological polar surface area (TPSA) is 57.5 Å². The summed E-state index contributed by atoms with van der Waals surface area (Å²) in [6.07, 6.45) is -2.16. The average Bonchev–Trinajstić information content (AvgIpc) is 2.97. The van der Waals surface area contributed by atoms with Crippen molar-refractivity contribution in [2.75, 3.05) is 0 Å². The molecule has 0 unspecified atom stereocenters. The molecule has 0 saturated carbocycles. The van der Waals surface area contributed by atoms with Crippen LogP contribution in [0.25, 0.3) is 0 Å². The van der Waals surface area contributed by atoms with Crippen LogP contribution in [0.3, 0.4) is 0 Å². The second kappa shape index (κ2) is 7.12. The summed E-state index contributed by atoms with van der Waals surface area (Å²) in [6, 6.07) is 16.4. The van der Waals surface area contributed by atoms with Crippen molar-refractivity contribution in [2.45, 2.75) is 17.7 Å². The lowest BCUT2D eigenvalue weighted by Crippen LogP contribution is -2.26. The molecule has 0 aliphatic carbocycles. The summed E-state index contributed by atoms with van der Waals surface area (Å²) in [5.41, 5.74) is 0.144. The number of carbonyl (C=O) groups excluding carboxylic acids is 1. The van der Waals surface area contributed by atoms with Gasteiger partial charge in [0.1, 0.15) is 0 Å². The van der Waals surface area contributed by atoms with Crippen LogP contribution in [0.15, 0.2) is 76.6 Å². The fourth-order valence-corrected chi connectivity index (χ4v) is 3.53. The van der Waals surface area contributed by atoms with E-state index >= 15 is 0 Å². The number of hydrogen-bond donors (Lipinski definition) is 0. The number of fused-ring (bicyclic) bond motifs is 1. The molecule has 1 aromatic heterocycles. The standard InChI is InChI=1S/C20H13F2NO4S/c21-20(22)26-16-9-8-13(11-17(16)27-20)12-23-10-4-7-15(18(23)24)19(25)28-14-5-2-1-3-6-14/h1-11H,12H2. The number of rotatable bonds is 4. The summed E-state index contributed by atoms with van der Waals surface area (Å²) in [7, 11) is 0. The van der Waals surface area contributed by atoms with Crippen LogP contribution in [0.4, 0.5) is 8.78 Å². The van der Waals surface area contributed by atoms with Gasteiger partial charge in [-0.3, -0.25) is 9.59 Å². The quantitative estimate of drug-likeness (QED) is 0.615. The molecule has 0 spiro atoms. The summed E-state index contributed by atoms with van der Waals surface area (Å²) in [6.45, 7) is 0.0954. The highest BCUT2D eigenvalue weighted by atomic mass is 32.2. The van der Waals surface area contributed by atoms with Crippen molar-refractivity contribution in [3.8, 4) is 11.5 Å². The Morgan fingerprint density at radius 3 is 2.54 bits per heavy atom. The van der Waals surface area contributed by atoms with Gasteiger partial charge in [0.05, 0.1) is 12.1 Å². The van der Waals surface area contributed by atoms with Crippen molar-refractivity contribution in [3.05, 3.63) is 88.3 Å². The lowest BCUT2D eigenvalue weighted by atomic mass is 10.2. The first-order chi connectivity index (χ1) is 13.4. The maximum absolute atomic E-state index is 13.1. The van der Waals surface area contributed by atoms with Crippen molar-refractivity contribution in [1.82, 2.24) is 4.57 Å². The van der Waals surface area contributed by atoms with Crippen molar-refractivity contribution >= 4 is 16.9 Å². The van der Waals surface area contributed by atoms with E-state index in [-0.39, 0.29) is 28.7 Å². The molecule has 28 heavy (non-hydrogen) atoms. The van der Waals surface area contributed by atoms with Gasteiger partial charge in [0, 0.05) is 11.1 Å². The van der Waals surface area contributed by atoms with Crippen molar-refractivity contribution in [2.24, 2.45) is 0 Å². The van der Waals surface area contributed by atoms with E-state index in [0.717, 1.165) is 16.7 Å². The van der Waals surface area contributed by atoms with Crippen LogP contribution in [0, 0.1) is 0 Å². The van der Waals surface area contributed by atoms with Crippen LogP contribution in [0.2, 0.25) is 0 Å². The van der Waals surface area contributed by atoms with Crippen molar-refractivity contribution in [3.63, 3.8) is 0 Å². The zero-order valence-corrected chi connectivity index (χ0v) is 15.1. The molecule has 1 aliphatic heterocycles. The van der Waals surface area contributed by atoms with Gasteiger partial charge < -0.3 is 14.0 Å². The molecule has 0 radical (unpaired) electrons. The van der Waals surface area contributed by atoms with Gasteiger partial charge in [-0.05, 0) is 53.7 Å². The predicted octanol–water partition coefficient (Wildman–Crippen LogP) is 4.15. The van der Waals surface area contributed by atoms with Gasteiger partial charge in [0.2, 0.25) is 5.12 Å². The zero-order valence-electron chi connectivity index (χ0n) is 14.3. The maximum atomic E-state index is 13.1. The Morgan fingerprint density at radius 1 is 1.00 bits per heavy atom. The highest BCUT2D eigenvalue weighted by molar-refractivity contribution is 8.14. The normalized spacial score (nSPS) is 14.1. The van der Waals surface area contributed by atoms with Gasteiger partial charge in [0.15, 0.2) is 11.5 Å². The highest BCUT2D eigenvalue weighted by Crippen LogP contribution is 2.41. The number of carbonyl (C=O) groups is 1. The number of aromatic nitrogens is 1. The Bertz CT molecular complexity index is 1100. The van der Waals surface area contributed by atoms with Gasteiger partial charge in [-0.15, -0.1) is 8.78 Å². The lowest BCUT2D eigenvalue weighted by Gasteiger charge is -2.08. The molecule has 0 amide bonds. The molecule has 0 bridgehead atoms. The number of ether oxygens (including phenoxy) is 2. The lowest BCUT2D eigenvalue weighted by molar-refractivity contribution is -0.286. The van der Waals surface area contributed by atoms with E-state index < -0.39 is 11.9 Å². The average molecular weight is 401 g/mol. The summed E-state index contributed by atoms with van der Waals surface area (Å²) >= 11 is 0.970. The minimum Gasteiger partial charge on any atom is -0.395 e.